The van der Waals surface area contributed by atoms with Gasteiger partial charge in [-0.1, -0.05) is 97.1 Å². The van der Waals surface area contributed by atoms with Gasteiger partial charge >= 0.3 is 0 Å². The number of aromatic nitrogens is 8. The molecule has 0 radical (unpaired) electrons. The fourth-order valence-corrected chi connectivity index (χ4v) is 5.80. The Morgan fingerprint density at radius 1 is 0.400 bits per heavy atom. The van der Waals surface area contributed by atoms with Crippen molar-refractivity contribution in [3.05, 3.63) is 97.1 Å². The minimum Gasteiger partial charge on any atom is -0.357 e. The van der Waals surface area contributed by atoms with Crippen molar-refractivity contribution in [2.45, 2.75) is 0 Å². The summed E-state index contributed by atoms with van der Waals surface area (Å²) in [6.07, 6.45) is 0. The number of rotatable bonds is 0. The molecule has 2 aliphatic heterocycles. The third-order valence-electron chi connectivity index (χ3n) is 7.75. The molecule has 5 heterocycles. The second kappa shape index (κ2) is 16.8. The molecular formula is C37H31F4N8Zn-. The van der Waals surface area contributed by atoms with E-state index in [2.05, 4.69) is 12.1 Å². The van der Waals surface area contributed by atoms with Gasteiger partial charge in [-0.05, 0) is 10.8 Å². The van der Waals surface area contributed by atoms with E-state index in [0.29, 0.717) is 63.3 Å². The van der Waals surface area contributed by atoms with Gasteiger partial charge < -0.3 is 19.5 Å². The molecule has 250 valence electrons. The Bertz CT molecular complexity index is 2260. The molecule has 0 spiro atoms. The third-order valence-corrected chi connectivity index (χ3v) is 7.75. The van der Waals surface area contributed by atoms with Gasteiger partial charge in [0.15, 0.2) is 11.6 Å². The Balaban J connectivity index is 0.000000586. The number of hydrogen-bond donors (Lipinski definition) is 0. The Kier molecular flexibility index (Phi) is 12.6. The van der Waals surface area contributed by atoms with Crippen LogP contribution >= 0.6 is 0 Å². The minimum atomic E-state index is 0. The van der Waals surface area contributed by atoms with Crippen molar-refractivity contribution >= 4 is 44.1 Å². The van der Waals surface area contributed by atoms with E-state index < -0.39 is 0 Å². The molecule has 4 aromatic carbocycles. The van der Waals surface area contributed by atoms with Crippen molar-refractivity contribution in [2.24, 2.45) is 7.05 Å². The summed E-state index contributed by atoms with van der Waals surface area (Å²) in [6.45, 7) is 0. The number of aryl methyl sites for hydroxylation is 1. The molecule has 50 heavy (non-hydrogen) atoms. The van der Waals surface area contributed by atoms with Crippen LogP contribution in [0.25, 0.3) is 89.7 Å². The van der Waals surface area contributed by atoms with Crippen LogP contribution in [0.3, 0.4) is 0 Å². The second-order valence-corrected chi connectivity index (χ2v) is 10.1. The van der Waals surface area contributed by atoms with Crippen LogP contribution in [0.15, 0.2) is 97.1 Å². The van der Waals surface area contributed by atoms with Gasteiger partial charge in [0.05, 0.1) is 40.4 Å². The van der Waals surface area contributed by atoms with Crippen LogP contribution in [0.1, 0.15) is 0 Å². The summed E-state index contributed by atoms with van der Waals surface area (Å²) in [5, 5.41) is 3.77. The first kappa shape index (κ1) is 37.4. The largest absolute Gasteiger partial charge is 0.357 e. The average molecular weight is 729 g/mol. The predicted molar refractivity (Wildman–Crippen MR) is 188 cm³/mol. The molecule has 13 heteroatoms. The smallest absolute Gasteiger partial charge is 0.163 e. The van der Waals surface area contributed by atoms with Crippen LogP contribution in [0.5, 0.6) is 0 Å². The molecule has 9 rings (SSSR count). The number of nitrogens with zero attached hydrogens (tertiary/aromatic N) is 8. The second-order valence-electron chi connectivity index (χ2n) is 10.1. The molecule has 0 aliphatic carbocycles. The number of halogens is 4. The maximum atomic E-state index is 9.50. The Hall–Kier alpha value is -5.42. The molecule has 0 saturated carbocycles. The van der Waals surface area contributed by atoms with Crippen molar-refractivity contribution in [2.75, 3.05) is 28.7 Å². The molecular weight excluding hydrogens is 698 g/mol. The third kappa shape index (κ3) is 6.48. The van der Waals surface area contributed by atoms with Gasteiger partial charge in [0, 0.05) is 70.8 Å². The normalized spacial score (nSPS) is 10.3. The topological polar surface area (TPSA) is 96.4 Å². The van der Waals surface area contributed by atoms with E-state index in [1.54, 1.807) is 0 Å². The minimum absolute atomic E-state index is 0. The van der Waals surface area contributed by atoms with Crippen molar-refractivity contribution in [3.8, 4) is 45.6 Å². The number of benzene rings is 4. The summed E-state index contributed by atoms with van der Waals surface area (Å²) < 4.78 is 40.0. The van der Waals surface area contributed by atoms with Crippen molar-refractivity contribution in [1.82, 2.24) is 39.5 Å². The summed E-state index contributed by atoms with van der Waals surface area (Å²) >= 11 is 0. The van der Waals surface area contributed by atoms with E-state index in [4.69, 9.17) is 34.9 Å². The maximum Gasteiger partial charge on any atom is 0.163 e. The van der Waals surface area contributed by atoms with Crippen molar-refractivity contribution in [3.63, 3.8) is 0 Å². The molecule has 0 saturated heterocycles. The summed E-state index contributed by atoms with van der Waals surface area (Å²) in [5.74, 6) is 2.35. The molecule has 8 nitrogen and oxygen atoms in total. The monoisotopic (exact) mass is 727 g/mol. The van der Waals surface area contributed by atoms with Crippen LogP contribution < -0.4 is 4.98 Å². The number of hydrogen-bond acceptors (Lipinski definition) is 6. The van der Waals surface area contributed by atoms with Gasteiger partial charge in [-0.3, -0.25) is 17.6 Å². The SMILES string of the molecule is CF.CF.CF.CF.Cn1c2nc3nc(nc4[n-]c(nc5nc(nc1c1ccccc12)-c1ccccc1-5)c1ccccc41)-c1ccccc1-3.[Zn]. The Morgan fingerprint density at radius 3 is 1.02 bits per heavy atom. The Labute approximate surface area is 298 Å². The number of alkyl halides is 4. The predicted octanol–water partition coefficient (Wildman–Crippen LogP) is 8.85. The van der Waals surface area contributed by atoms with E-state index in [9.17, 15) is 17.6 Å². The number of fused-ring (bicyclic) bond motifs is 20. The summed E-state index contributed by atoms with van der Waals surface area (Å²) in [4.78, 5) is 35.0. The first-order chi connectivity index (χ1) is 24.2. The molecule has 0 N–H and O–H groups in total. The van der Waals surface area contributed by atoms with Gasteiger partial charge in [0.25, 0.3) is 0 Å². The first-order valence-electron chi connectivity index (χ1n) is 14.8. The molecule has 7 aromatic rings. The van der Waals surface area contributed by atoms with Crippen LogP contribution in [-0.2, 0) is 26.5 Å². The quantitative estimate of drug-likeness (QED) is 0.114. The zero-order valence-electron chi connectivity index (χ0n) is 28.0. The fraction of sp³-hybridized carbons (Fsp3) is 0.135. The molecule has 0 atom stereocenters. The van der Waals surface area contributed by atoms with Crippen molar-refractivity contribution in [1.29, 1.82) is 0 Å². The summed E-state index contributed by atoms with van der Waals surface area (Å²) in [7, 11) is 3.98. The zero-order chi connectivity index (χ0) is 35.1. The van der Waals surface area contributed by atoms with Crippen LogP contribution in [-0.4, -0.2) is 63.2 Å². The van der Waals surface area contributed by atoms with E-state index >= 15 is 0 Å². The van der Waals surface area contributed by atoms with Gasteiger partial charge in [0.2, 0.25) is 0 Å². The van der Waals surface area contributed by atoms with E-state index in [-0.39, 0.29) is 19.5 Å². The first-order valence-corrected chi connectivity index (χ1v) is 14.8. The molecule has 0 amide bonds. The van der Waals surface area contributed by atoms with E-state index in [1.165, 1.54) is 0 Å². The molecule has 0 fully saturated rings. The van der Waals surface area contributed by atoms with Crippen LogP contribution in [0.2, 0.25) is 0 Å². The van der Waals surface area contributed by atoms with Crippen molar-refractivity contribution < 1.29 is 37.0 Å². The molecule has 8 bridgehead atoms. The van der Waals surface area contributed by atoms with Gasteiger partial charge in [-0.15, -0.1) is 0 Å². The van der Waals surface area contributed by atoms with E-state index in [0.717, 1.165) is 55.1 Å². The molecule has 3 aromatic heterocycles. The van der Waals surface area contributed by atoms with Crippen LogP contribution in [0, 0.1) is 0 Å². The zero-order valence-corrected chi connectivity index (χ0v) is 31.0. The van der Waals surface area contributed by atoms with Gasteiger partial charge in [-0.2, -0.15) is 0 Å². The van der Waals surface area contributed by atoms with Gasteiger partial charge in [-0.25, -0.2) is 19.9 Å². The molecule has 0 unspecified atom stereocenters. The van der Waals surface area contributed by atoms with Crippen LogP contribution in [0.4, 0.5) is 17.6 Å². The standard InChI is InChI=1S/C33H19N8.4CH3F.Zn/c1-41-32-24-16-8-9-17-25(24)33(41)40-31-23-15-7-5-13-21(23)29(38-31)36-27-19-11-3-2-10-18(19)26(34-27)35-28-20-12-4-6-14-22(20)30(37-28)39-32;4*1-2;/h2-17H,1H3;4*1H3;/q-1;;;;;. The molecule has 2 aliphatic rings. The summed E-state index contributed by atoms with van der Waals surface area (Å²) in [5.41, 5.74) is 6.33. The average Bonchev–Trinajstić information content (AvgIpc) is 3.90. The maximum absolute atomic E-state index is 9.50. The Morgan fingerprint density at radius 2 is 0.680 bits per heavy atom. The van der Waals surface area contributed by atoms with E-state index in [1.807, 2.05) is 96.5 Å². The summed E-state index contributed by atoms with van der Waals surface area (Å²) in [6, 6.07) is 32.2. The van der Waals surface area contributed by atoms with Gasteiger partial charge in [0.1, 0.15) is 11.3 Å². The fourth-order valence-electron chi connectivity index (χ4n) is 5.80.